The van der Waals surface area contributed by atoms with E-state index in [1.165, 1.54) is 0 Å². The molecule has 0 radical (unpaired) electrons. The zero-order valence-corrected chi connectivity index (χ0v) is 11.9. The largest absolute Gasteiger partial charge is 0.377 e. The van der Waals surface area contributed by atoms with E-state index < -0.39 is 0 Å². The first-order valence-electron chi connectivity index (χ1n) is 6.13. The van der Waals surface area contributed by atoms with Crippen LogP contribution < -0.4 is 5.32 Å². The Hall–Kier alpha value is -1.61. The first-order valence-corrected chi connectivity index (χ1v) is 6.51. The molecule has 0 bridgehead atoms. The van der Waals surface area contributed by atoms with Crippen molar-refractivity contribution >= 4 is 17.3 Å². The van der Waals surface area contributed by atoms with E-state index in [-0.39, 0.29) is 11.9 Å². The van der Waals surface area contributed by atoms with Gasteiger partial charge >= 0.3 is 0 Å². The fourth-order valence-corrected chi connectivity index (χ4v) is 2.07. The smallest absolute Gasteiger partial charge is 0.129 e. The van der Waals surface area contributed by atoms with E-state index in [0.29, 0.717) is 10.7 Å². The van der Waals surface area contributed by atoms with Gasteiger partial charge in [0.05, 0.1) is 11.4 Å². The lowest BCUT2D eigenvalue weighted by Crippen LogP contribution is -2.08. The van der Waals surface area contributed by atoms with Crippen molar-refractivity contribution in [3.05, 3.63) is 58.1 Å². The molecule has 1 N–H and O–H groups in total. The molecule has 2 nitrogen and oxygen atoms in total. The van der Waals surface area contributed by atoms with Crippen molar-refractivity contribution in [1.82, 2.24) is 4.98 Å². The van der Waals surface area contributed by atoms with Gasteiger partial charge in [-0.15, -0.1) is 0 Å². The van der Waals surface area contributed by atoms with E-state index in [0.717, 1.165) is 16.9 Å². The van der Waals surface area contributed by atoms with Crippen molar-refractivity contribution in [2.45, 2.75) is 26.8 Å². The van der Waals surface area contributed by atoms with Crippen LogP contribution in [0.2, 0.25) is 5.15 Å². The molecule has 1 heterocycles. The first kappa shape index (κ1) is 13.8. The number of aryl methyl sites for hydroxylation is 2. The summed E-state index contributed by atoms with van der Waals surface area (Å²) in [6, 6.07) is 8.89. The van der Waals surface area contributed by atoms with Crippen LogP contribution in [0.5, 0.6) is 0 Å². The van der Waals surface area contributed by atoms with Gasteiger partial charge in [-0.2, -0.15) is 0 Å². The summed E-state index contributed by atoms with van der Waals surface area (Å²) in [7, 11) is 0. The molecule has 0 aliphatic carbocycles. The Labute approximate surface area is 117 Å². The Bertz CT molecular complexity index is 599. The van der Waals surface area contributed by atoms with E-state index >= 15 is 0 Å². The molecule has 0 fully saturated rings. The van der Waals surface area contributed by atoms with Gasteiger partial charge in [0.2, 0.25) is 0 Å². The Kier molecular flexibility index (Phi) is 4.05. The number of benzene rings is 1. The van der Waals surface area contributed by atoms with Crippen molar-refractivity contribution in [2.24, 2.45) is 0 Å². The van der Waals surface area contributed by atoms with Crippen LogP contribution in [-0.2, 0) is 0 Å². The highest BCUT2D eigenvalue weighted by Gasteiger charge is 2.09. The number of halogens is 2. The van der Waals surface area contributed by atoms with Crippen LogP contribution in [0.3, 0.4) is 0 Å². The number of rotatable bonds is 3. The molecule has 0 spiro atoms. The number of nitrogens with one attached hydrogen (secondary N) is 1. The molecule has 0 aliphatic heterocycles. The van der Waals surface area contributed by atoms with Crippen LogP contribution in [0.25, 0.3) is 0 Å². The summed E-state index contributed by atoms with van der Waals surface area (Å²) in [6.45, 7) is 5.62. The maximum absolute atomic E-state index is 13.6. The second-order valence-corrected chi connectivity index (χ2v) is 5.03. The van der Waals surface area contributed by atoms with Gasteiger partial charge in [-0.05, 0) is 50.1 Å². The molecule has 0 saturated carbocycles. The van der Waals surface area contributed by atoms with Crippen molar-refractivity contribution in [3.8, 4) is 0 Å². The summed E-state index contributed by atoms with van der Waals surface area (Å²) in [4.78, 5) is 4.18. The second-order valence-electron chi connectivity index (χ2n) is 4.64. The fraction of sp³-hybridized carbons (Fsp3) is 0.267. The van der Waals surface area contributed by atoms with E-state index in [1.807, 2.05) is 26.0 Å². The van der Waals surface area contributed by atoms with Gasteiger partial charge in [-0.25, -0.2) is 9.37 Å². The molecule has 4 heteroatoms. The summed E-state index contributed by atoms with van der Waals surface area (Å²) < 4.78 is 13.6. The number of hydrogen-bond donors (Lipinski definition) is 1. The van der Waals surface area contributed by atoms with Gasteiger partial charge in [-0.1, -0.05) is 23.7 Å². The molecule has 2 aromatic rings. The normalized spacial score (nSPS) is 12.3. The zero-order valence-electron chi connectivity index (χ0n) is 11.2. The lowest BCUT2D eigenvalue weighted by atomic mass is 10.1. The van der Waals surface area contributed by atoms with Crippen molar-refractivity contribution < 1.29 is 4.39 Å². The minimum Gasteiger partial charge on any atom is -0.377 e. The SMILES string of the molecule is Cc1ccc(C(C)Nc2ccc(Cl)nc2C)cc1F. The molecule has 2 rings (SSSR count). The maximum Gasteiger partial charge on any atom is 0.129 e. The molecule has 1 atom stereocenters. The van der Waals surface area contributed by atoms with Crippen LogP contribution in [0.15, 0.2) is 30.3 Å². The van der Waals surface area contributed by atoms with Gasteiger partial charge in [0.15, 0.2) is 0 Å². The molecule has 19 heavy (non-hydrogen) atoms. The van der Waals surface area contributed by atoms with Crippen LogP contribution in [0.4, 0.5) is 10.1 Å². The Morgan fingerprint density at radius 1 is 1.21 bits per heavy atom. The maximum atomic E-state index is 13.6. The van der Waals surface area contributed by atoms with Crippen LogP contribution in [-0.4, -0.2) is 4.98 Å². The summed E-state index contributed by atoms with van der Waals surface area (Å²) in [5.74, 6) is -0.183. The first-order chi connectivity index (χ1) is 8.97. The molecule has 1 unspecified atom stereocenters. The molecule has 1 aromatic heterocycles. The molecular formula is C15H16ClFN2. The average Bonchev–Trinajstić information content (AvgIpc) is 2.36. The number of aromatic nitrogens is 1. The number of anilines is 1. The van der Waals surface area contributed by atoms with E-state index in [9.17, 15) is 4.39 Å². The minimum absolute atomic E-state index is 0.00299. The summed E-state index contributed by atoms with van der Waals surface area (Å²) in [5, 5.41) is 3.78. The van der Waals surface area contributed by atoms with Gasteiger partial charge in [0.1, 0.15) is 11.0 Å². The lowest BCUT2D eigenvalue weighted by molar-refractivity contribution is 0.614. The van der Waals surface area contributed by atoms with E-state index in [4.69, 9.17) is 11.6 Å². The lowest BCUT2D eigenvalue weighted by Gasteiger charge is -2.17. The molecular weight excluding hydrogens is 263 g/mol. The number of nitrogens with zero attached hydrogens (tertiary/aromatic N) is 1. The summed E-state index contributed by atoms with van der Waals surface area (Å²) in [5.41, 5.74) is 3.28. The van der Waals surface area contributed by atoms with Gasteiger partial charge in [0.25, 0.3) is 0 Å². The predicted octanol–water partition coefficient (Wildman–Crippen LogP) is 4.66. The Morgan fingerprint density at radius 3 is 2.58 bits per heavy atom. The summed E-state index contributed by atoms with van der Waals surface area (Å²) in [6.07, 6.45) is 0. The highest BCUT2D eigenvalue weighted by atomic mass is 35.5. The Balaban J connectivity index is 2.20. The molecule has 100 valence electrons. The highest BCUT2D eigenvalue weighted by Crippen LogP contribution is 2.23. The van der Waals surface area contributed by atoms with Crippen molar-refractivity contribution in [2.75, 3.05) is 5.32 Å². The third-order valence-corrected chi connectivity index (χ3v) is 3.33. The topological polar surface area (TPSA) is 24.9 Å². The summed E-state index contributed by atoms with van der Waals surface area (Å²) >= 11 is 5.82. The molecule has 0 saturated heterocycles. The quantitative estimate of drug-likeness (QED) is 0.826. The van der Waals surface area contributed by atoms with Crippen molar-refractivity contribution in [3.63, 3.8) is 0 Å². The monoisotopic (exact) mass is 278 g/mol. The van der Waals surface area contributed by atoms with Gasteiger partial charge in [-0.3, -0.25) is 0 Å². The molecule has 0 aliphatic rings. The molecule has 0 amide bonds. The van der Waals surface area contributed by atoms with Gasteiger partial charge < -0.3 is 5.32 Å². The third-order valence-electron chi connectivity index (χ3n) is 3.12. The third kappa shape index (κ3) is 3.24. The fourth-order valence-electron chi connectivity index (χ4n) is 1.88. The predicted molar refractivity (Wildman–Crippen MR) is 77.2 cm³/mol. The van der Waals surface area contributed by atoms with Gasteiger partial charge in [0, 0.05) is 6.04 Å². The average molecular weight is 279 g/mol. The zero-order chi connectivity index (χ0) is 14.0. The Morgan fingerprint density at radius 2 is 1.95 bits per heavy atom. The second kappa shape index (κ2) is 5.57. The van der Waals surface area contributed by atoms with Crippen LogP contribution >= 0.6 is 11.6 Å². The standard InChI is InChI=1S/C15H16ClFN2/c1-9-4-5-12(8-13(9)17)10(2)18-14-6-7-15(16)19-11(14)3/h4-8,10,18H,1-3H3. The van der Waals surface area contributed by atoms with Crippen LogP contribution in [0.1, 0.15) is 29.8 Å². The molecule has 1 aromatic carbocycles. The van der Waals surface area contributed by atoms with Crippen LogP contribution in [0, 0.1) is 19.7 Å². The van der Waals surface area contributed by atoms with E-state index in [1.54, 1.807) is 25.1 Å². The minimum atomic E-state index is -0.183. The number of hydrogen-bond acceptors (Lipinski definition) is 2. The number of pyridine rings is 1. The highest BCUT2D eigenvalue weighted by molar-refractivity contribution is 6.29. The van der Waals surface area contributed by atoms with E-state index in [2.05, 4.69) is 10.3 Å². The van der Waals surface area contributed by atoms with Crippen molar-refractivity contribution in [1.29, 1.82) is 0 Å².